The van der Waals surface area contributed by atoms with Gasteiger partial charge in [-0.05, 0) is 30.0 Å². The van der Waals surface area contributed by atoms with Crippen molar-refractivity contribution in [3.05, 3.63) is 46.7 Å². The first-order chi connectivity index (χ1) is 9.26. The van der Waals surface area contributed by atoms with Gasteiger partial charge in [0.2, 0.25) is 5.89 Å². The summed E-state index contributed by atoms with van der Waals surface area (Å²) in [5, 5.41) is 5.23. The predicted octanol–water partition coefficient (Wildman–Crippen LogP) is 3.79. The van der Waals surface area contributed by atoms with Crippen LogP contribution >= 0.6 is 15.9 Å². The minimum Gasteiger partial charge on any atom is -0.340 e. The lowest BCUT2D eigenvalue weighted by atomic mass is 10.2. The van der Waals surface area contributed by atoms with Crippen LogP contribution in [0.5, 0.6) is 0 Å². The first kappa shape index (κ1) is 12.4. The monoisotopic (exact) mass is 319 g/mol. The second-order valence-corrected chi connectivity index (χ2v) is 5.42. The molecule has 3 aromatic rings. The zero-order valence-electron chi connectivity index (χ0n) is 10.6. The molecule has 0 unspecified atom stereocenters. The zero-order valence-corrected chi connectivity index (χ0v) is 12.2. The van der Waals surface area contributed by atoms with Gasteiger partial charge in [-0.2, -0.15) is 4.98 Å². The van der Waals surface area contributed by atoms with Crippen LogP contribution in [-0.2, 0) is 13.0 Å². The van der Waals surface area contributed by atoms with Gasteiger partial charge in [0, 0.05) is 22.6 Å². The summed E-state index contributed by atoms with van der Waals surface area (Å²) in [6.45, 7) is 2.73. The van der Waals surface area contributed by atoms with E-state index in [1.165, 1.54) is 5.39 Å². The Hall–Kier alpha value is -1.62. The third kappa shape index (κ3) is 2.56. The number of halogens is 1. The van der Waals surface area contributed by atoms with Crippen molar-refractivity contribution in [2.75, 3.05) is 0 Å². The van der Waals surface area contributed by atoms with E-state index >= 15 is 0 Å². The summed E-state index contributed by atoms with van der Waals surface area (Å²) in [5.74, 6) is 1.44. The van der Waals surface area contributed by atoms with Gasteiger partial charge >= 0.3 is 0 Å². The molecule has 0 spiro atoms. The van der Waals surface area contributed by atoms with Crippen LogP contribution in [-0.4, -0.2) is 14.7 Å². The van der Waals surface area contributed by atoms with E-state index in [9.17, 15) is 0 Å². The maximum absolute atomic E-state index is 5.21. The molecule has 0 saturated carbocycles. The number of benzene rings is 1. The van der Waals surface area contributed by atoms with Gasteiger partial charge < -0.3 is 9.09 Å². The Balaban J connectivity index is 1.89. The average molecular weight is 320 g/mol. The minimum absolute atomic E-state index is 0.632. The van der Waals surface area contributed by atoms with Crippen LogP contribution in [0.15, 0.2) is 39.5 Å². The second kappa shape index (κ2) is 5.17. The van der Waals surface area contributed by atoms with Crippen molar-refractivity contribution in [3.8, 4) is 0 Å². The van der Waals surface area contributed by atoms with Crippen LogP contribution in [0.2, 0.25) is 0 Å². The number of rotatable bonds is 4. The molecule has 0 fully saturated rings. The third-order valence-electron chi connectivity index (χ3n) is 3.02. The maximum Gasteiger partial charge on any atom is 0.226 e. The van der Waals surface area contributed by atoms with E-state index < -0.39 is 0 Å². The highest BCUT2D eigenvalue weighted by Crippen LogP contribution is 2.21. The van der Waals surface area contributed by atoms with Crippen molar-refractivity contribution in [2.45, 2.75) is 26.3 Å². The van der Waals surface area contributed by atoms with E-state index in [1.54, 1.807) is 0 Å². The van der Waals surface area contributed by atoms with E-state index in [-0.39, 0.29) is 0 Å². The molecule has 19 heavy (non-hydrogen) atoms. The van der Waals surface area contributed by atoms with E-state index in [2.05, 4.69) is 55.8 Å². The summed E-state index contributed by atoms with van der Waals surface area (Å²) in [4.78, 5) is 4.39. The lowest BCUT2D eigenvalue weighted by molar-refractivity contribution is 0.371. The lowest BCUT2D eigenvalue weighted by Gasteiger charge is -2.01. The largest absolute Gasteiger partial charge is 0.340 e. The lowest BCUT2D eigenvalue weighted by Crippen LogP contribution is -2.00. The van der Waals surface area contributed by atoms with Crippen molar-refractivity contribution in [3.63, 3.8) is 0 Å². The third-order valence-corrected chi connectivity index (χ3v) is 3.51. The molecule has 0 atom stereocenters. The second-order valence-electron chi connectivity index (χ2n) is 4.50. The summed E-state index contributed by atoms with van der Waals surface area (Å²) in [5.41, 5.74) is 1.16. The predicted molar refractivity (Wildman–Crippen MR) is 77.0 cm³/mol. The quantitative estimate of drug-likeness (QED) is 0.735. The van der Waals surface area contributed by atoms with E-state index in [0.29, 0.717) is 6.54 Å². The van der Waals surface area contributed by atoms with Gasteiger partial charge in [-0.25, -0.2) is 0 Å². The Morgan fingerprint density at radius 2 is 2.21 bits per heavy atom. The summed E-state index contributed by atoms with van der Waals surface area (Å²) >= 11 is 3.50. The fourth-order valence-electron chi connectivity index (χ4n) is 2.12. The molecular weight excluding hydrogens is 306 g/mol. The maximum atomic E-state index is 5.21. The molecule has 0 aliphatic heterocycles. The van der Waals surface area contributed by atoms with Gasteiger partial charge in [0.15, 0.2) is 5.82 Å². The molecule has 1 aromatic carbocycles. The fourth-order valence-corrected chi connectivity index (χ4v) is 2.47. The molecule has 3 rings (SSSR count). The smallest absolute Gasteiger partial charge is 0.226 e. The molecule has 0 bridgehead atoms. The molecule has 4 nitrogen and oxygen atoms in total. The van der Waals surface area contributed by atoms with Crippen LogP contribution in [0.25, 0.3) is 10.9 Å². The van der Waals surface area contributed by atoms with Crippen LogP contribution in [0.4, 0.5) is 0 Å². The summed E-state index contributed by atoms with van der Waals surface area (Å²) in [6.07, 6.45) is 3.90. The number of hydrogen-bond donors (Lipinski definition) is 0. The topological polar surface area (TPSA) is 43.9 Å². The van der Waals surface area contributed by atoms with Gasteiger partial charge in [-0.1, -0.05) is 34.1 Å². The SMILES string of the molecule is CCCc1nc(Cn2ccc3ccc(Br)cc32)no1. The van der Waals surface area contributed by atoms with Crippen molar-refractivity contribution in [2.24, 2.45) is 0 Å². The van der Waals surface area contributed by atoms with Gasteiger partial charge in [0.1, 0.15) is 0 Å². The molecule has 0 aliphatic rings. The normalized spacial score (nSPS) is 11.3. The highest BCUT2D eigenvalue weighted by molar-refractivity contribution is 9.10. The van der Waals surface area contributed by atoms with Crippen LogP contribution in [0.1, 0.15) is 25.1 Å². The molecule has 0 amide bonds. The van der Waals surface area contributed by atoms with E-state index in [4.69, 9.17) is 4.52 Å². The van der Waals surface area contributed by atoms with Gasteiger partial charge in [0.25, 0.3) is 0 Å². The van der Waals surface area contributed by atoms with Crippen molar-refractivity contribution < 1.29 is 4.52 Å². The minimum atomic E-state index is 0.632. The average Bonchev–Trinajstić information content (AvgIpc) is 2.98. The van der Waals surface area contributed by atoms with Crippen molar-refractivity contribution >= 4 is 26.8 Å². The Bertz CT molecular complexity index is 702. The van der Waals surface area contributed by atoms with Crippen LogP contribution in [0, 0.1) is 0 Å². The van der Waals surface area contributed by atoms with Crippen molar-refractivity contribution in [1.82, 2.24) is 14.7 Å². The molecule has 98 valence electrons. The Kier molecular flexibility index (Phi) is 3.38. The number of aromatic nitrogens is 3. The fraction of sp³-hybridized carbons (Fsp3) is 0.286. The highest BCUT2D eigenvalue weighted by Gasteiger charge is 2.08. The molecule has 0 N–H and O–H groups in total. The standard InChI is InChI=1S/C14H14BrN3O/c1-2-3-14-16-13(17-19-14)9-18-7-6-10-4-5-11(15)8-12(10)18/h4-8H,2-3,9H2,1H3. The first-order valence-electron chi connectivity index (χ1n) is 6.32. The summed E-state index contributed by atoms with van der Waals surface area (Å²) < 4.78 is 8.40. The van der Waals surface area contributed by atoms with Crippen LogP contribution in [0.3, 0.4) is 0 Å². The highest BCUT2D eigenvalue weighted by atomic mass is 79.9. The molecule has 0 aliphatic carbocycles. The summed E-state index contributed by atoms with van der Waals surface area (Å²) in [7, 11) is 0. The van der Waals surface area contributed by atoms with Crippen LogP contribution < -0.4 is 0 Å². The molecule has 5 heteroatoms. The molecular formula is C14H14BrN3O. The van der Waals surface area contributed by atoms with Crippen molar-refractivity contribution in [1.29, 1.82) is 0 Å². The van der Waals surface area contributed by atoms with Gasteiger partial charge in [-0.3, -0.25) is 0 Å². The Morgan fingerprint density at radius 1 is 1.32 bits per heavy atom. The van der Waals surface area contributed by atoms with E-state index in [1.807, 2.05) is 12.3 Å². The zero-order chi connectivity index (χ0) is 13.2. The molecule has 0 radical (unpaired) electrons. The first-order valence-corrected chi connectivity index (χ1v) is 7.11. The summed E-state index contributed by atoms with van der Waals surface area (Å²) in [6, 6.07) is 8.33. The molecule has 2 heterocycles. The number of aryl methyl sites for hydroxylation is 1. The Morgan fingerprint density at radius 3 is 3.05 bits per heavy atom. The number of hydrogen-bond acceptors (Lipinski definition) is 3. The number of nitrogens with zero attached hydrogens (tertiary/aromatic N) is 3. The number of fused-ring (bicyclic) bond motifs is 1. The molecule has 2 aromatic heterocycles. The van der Waals surface area contributed by atoms with Gasteiger partial charge in [0.05, 0.1) is 6.54 Å². The van der Waals surface area contributed by atoms with Gasteiger partial charge in [-0.15, -0.1) is 0 Å². The van der Waals surface area contributed by atoms with E-state index in [0.717, 1.165) is 34.5 Å². The molecule has 0 saturated heterocycles. The Labute approximate surface area is 119 Å².